The number of likely N-dealkylation sites (tertiary alicyclic amines) is 1. The quantitative estimate of drug-likeness (QED) is 0.793. The van der Waals surface area contributed by atoms with Crippen molar-refractivity contribution in [2.45, 2.75) is 19.4 Å². The molecule has 0 N–H and O–H groups in total. The van der Waals surface area contributed by atoms with E-state index in [0.717, 1.165) is 37.6 Å². The van der Waals surface area contributed by atoms with Gasteiger partial charge >= 0.3 is 0 Å². The Hall–Kier alpha value is -2.07. The number of hydrogen-bond donors (Lipinski definition) is 0. The summed E-state index contributed by atoms with van der Waals surface area (Å²) in [5.41, 5.74) is 1.12. The Bertz CT molecular complexity index is 679. The summed E-state index contributed by atoms with van der Waals surface area (Å²) in [7, 11) is 0. The molecule has 1 fully saturated rings. The second-order valence-electron chi connectivity index (χ2n) is 5.99. The van der Waals surface area contributed by atoms with Crippen molar-refractivity contribution in [2.24, 2.45) is 5.92 Å². The van der Waals surface area contributed by atoms with Gasteiger partial charge in [0.1, 0.15) is 0 Å². The lowest BCUT2D eigenvalue weighted by Crippen LogP contribution is -2.36. The fraction of sp³-hybridized carbons (Fsp3) is 0.316. The lowest BCUT2D eigenvalue weighted by molar-refractivity contribution is 0.0833. The van der Waals surface area contributed by atoms with Crippen molar-refractivity contribution in [1.29, 1.82) is 0 Å². The van der Waals surface area contributed by atoms with Gasteiger partial charge in [-0.25, -0.2) is 8.78 Å². The van der Waals surface area contributed by atoms with Crippen molar-refractivity contribution in [1.82, 2.24) is 4.90 Å². The zero-order chi connectivity index (χ0) is 16.2. The second kappa shape index (κ2) is 7.01. The predicted molar refractivity (Wildman–Crippen MR) is 85.1 cm³/mol. The number of Topliss-reactive ketones (excluding diaryl/α,β-unsaturated/α-hetero) is 1. The van der Waals surface area contributed by atoms with Crippen LogP contribution in [0.15, 0.2) is 48.5 Å². The molecule has 2 nitrogen and oxygen atoms in total. The first-order valence-corrected chi connectivity index (χ1v) is 7.89. The molecular weight excluding hydrogens is 296 g/mol. The van der Waals surface area contributed by atoms with Gasteiger partial charge in [0.25, 0.3) is 0 Å². The van der Waals surface area contributed by atoms with Crippen LogP contribution in [0.3, 0.4) is 0 Å². The number of benzene rings is 2. The molecule has 0 saturated carbocycles. The molecule has 0 unspecified atom stereocenters. The Morgan fingerprint density at radius 3 is 2.39 bits per heavy atom. The first-order chi connectivity index (χ1) is 11.1. The van der Waals surface area contributed by atoms with E-state index in [-0.39, 0.29) is 11.7 Å². The summed E-state index contributed by atoms with van der Waals surface area (Å²) in [6, 6.07) is 13.6. The molecule has 2 aromatic carbocycles. The van der Waals surface area contributed by atoms with Crippen LogP contribution in [0, 0.1) is 17.6 Å². The smallest absolute Gasteiger partial charge is 0.166 e. The maximum absolute atomic E-state index is 13.7. The molecule has 1 aliphatic rings. The molecule has 4 heteroatoms. The Morgan fingerprint density at radius 2 is 1.70 bits per heavy atom. The molecule has 1 saturated heterocycles. The summed E-state index contributed by atoms with van der Waals surface area (Å²) in [5.74, 6) is -1.38. The van der Waals surface area contributed by atoms with Gasteiger partial charge in [-0.1, -0.05) is 42.5 Å². The minimum Gasteiger partial charge on any atom is -0.299 e. The first kappa shape index (κ1) is 15.8. The minimum absolute atomic E-state index is 0.0195. The van der Waals surface area contributed by atoms with Gasteiger partial charge in [0.2, 0.25) is 0 Å². The molecule has 1 aliphatic heterocycles. The maximum atomic E-state index is 13.7. The number of ketones is 1. The fourth-order valence-electron chi connectivity index (χ4n) is 3.10. The van der Waals surface area contributed by atoms with Crippen LogP contribution in [0.25, 0.3) is 0 Å². The molecule has 0 aliphatic carbocycles. The van der Waals surface area contributed by atoms with Crippen LogP contribution in [0.4, 0.5) is 8.78 Å². The van der Waals surface area contributed by atoms with Crippen LogP contribution in [-0.4, -0.2) is 23.8 Å². The highest BCUT2D eigenvalue weighted by Crippen LogP contribution is 2.23. The monoisotopic (exact) mass is 315 g/mol. The minimum atomic E-state index is -0.809. The molecule has 0 aromatic heterocycles. The Kier molecular flexibility index (Phi) is 4.82. The zero-order valence-electron chi connectivity index (χ0n) is 12.8. The highest BCUT2D eigenvalue weighted by molar-refractivity contribution is 5.97. The highest BCUT2D eigenvalue weighted by atomic mass is 19.2. The lowest BCUT2D eigenvalue weighted by atomic mass is 9.89. The van der Waals surface area contributed by atoms with Gasteiger partial charge in [0.05, 0.1) is 0 Å². The lowest BCUT2D eigenvalue weighted by Gasteiger charge is -2.31. The molecular formula is C19H19F2NO. The van der Waals surface area contributed by atoms with Crippen LogP contribution in [0.5, 0.6) is 0 Å². The van der Waals surface area contributed by atoms with E-state index >= 15 is 0 Å². The van der Waals surface area contributed by atoms with Crippen molar-refractivity contribution in [3.8, 4) is 0 Å². The SMILES string of the molecule is O=C(c1ccccc1)C1CCN(Cc2cccc(F)c2F)CC1. The van der Waals surface area contributed by atoms with E-state index in [0.29, 0.717) is 12.1 Å². The molecule has 23 heavy (non-hydrogen) atoms. The van der Waals surface area contributed by atoms with Gasteiger partial charge < -0.3 is 0 Å². The van der Waals surface area contributed by atoms with Gasteiger partial charge in [-0.05, 0) is 32.0 Å². The van der Waals surface area contributed by atoms with Crippen LogP contribution in [-0.2, 0) is 6.54 Å². The molecule has 1 heterocycles. The standard InChI is InChI=1S/C19H19F2NO/c20-17-8-4-7-16(18(17)21)13-22-11-9-15(10-12-22)19(23)14-5-2-1-3-6-14/h1-8,15H,9-13H2. The van der Waals surface area contributed by atoms with Crippen LogP contribution < -0.4 is 0 Å². The van der Waals surface area contributed by atoms with E-state index in [1.807, 2.05) is 30.3 Å². The summed E-state index contributed by atoms with van der Waals surface area (Å²) >= 11 is 0. The average molecular weight is 315 g/mol. The van der Waals surface area contributed by atoms with Crippen LogP contribution in [0.2, 0.25) is 0 Å². The summed E-state index contributed by atoms with van der Waals surface area (Å²) < 4.78 is 27.0. The Morgan fingerprint density at radius 1 is 1.00 bits per heavy atom. The third-order valence-electron chi connectivity index (χ3n) is 4.44. The van der Waals surface area contributed by atoms with Crippen LogP contribution in [0.1, 0.15) is 28.8 Å². The third-order valence-corrected chi connectivity index (χ3v) is 4.44. The summed E-state index contributed by atoms with van der Waals surface area (Å²) in [5, 5.41) is 0. The number of nitrogens with zero attached hydrogens (tertiary/aromatic N) is 1. The first-order valence-electron chi connectivity index (χ1n) is 7.89. The summed E-state index contributed by atoms with van der Waals surface area (Å²) in [6.45, 7) is 1.83. The van der Waals surface area contributed by atoms with Crippen molar-refractivity contribution >= 4 is 5.78 Å². The normalized spacial score (nSPS) is 16.4. The van der Waals surface area contributed by atoms with Crippen molar-refractivity contribution in [3.63, 3.8) is 0 Å². The van der Waals surface area contributed by atoms with Gasteiger partial charge in [0, 0.05) is 23.6 Å². The number of carbonyl (C=O) groups excluding carboxylic acids is 1. The van der Waals surface area contributed by atoms with Crippen LogP contribution >= 0.6 is 0 Å². The maximum Gasteiger partial charge on any atom is 0.166 e. The molecule has 0 amide bonds. The van der Waals surface area contributed by atoms with Gasteiger partial charge in [0.15, 0.2) is 17.4 Å². The highest BCUT2D eigenvalue weighted by Gasteiger charge is 2.26. The molecule has 3 rings (SSSR count). The van der Waals surface area contributed by atoms with E-state index in [4.69, 9.17) is 0 Å². The number of piperidine rings is 1. The summed E-state index contributed by atoms with van der Waals surface area (Å²) in [6.07, 6.45) is 1.51. The molecule has 0 radical (unpaired) electrons. The molecule has 120 valence electrons. The van der Waals surface area contributed by atoms with Crippen molar-refractivity contribution in [2.75, 3.05) is 13.1 Å². The number of carbonyl (C=O) groups is 1. The zero-order valence-corrected chi connectivity index (χ0v) is 12.8. The van der Waals surface area contributed by atoms with E-state index in [1.54, 1.807) is 6.07 Å². The third kappa shape index (κ3) is 3.64. The number of halogens is 2. The molecule has 0 bridgehead atoms. The van der Waals surface area contributed by atoms with E-state index in [2.05, 4.69) is 4.90 Å². The van der Waals surface area contributed by atoms with E-state index in [9.17, 15) is 13.6 Å². The molecule has 0 atom stereocenters. The van der Waals surface area contributed by atoms with Gasteiger partial charge in [-0.2, -0.15) is 0 Å². The predicted octanol–water partition coefficient (Wildman–Crippen LogP) is 4.06. The average Bonchev–Trinajstić information content (AvgIpc) is 2.60. The van der Waals surface area contributed by atoms with Crippen molar-refractivity contribution in [3.05, 3.63) is 71.3 Å². The van der Waals surface area contributed by atoms with E-state index < -0.39 is 11.6 Å². The fourth-order valence-corrected chi connectivity index (χ4v) is 3.10. The largest absolute Gasteiger partial charge is 0.299 e. The van der Waals surface area contributed by atoms with Gasteiger partial charge in [-0.3, -0.25) is 9.69 Å². The van der Waals surface area contributed by atoms with Crippen molar-refractivity contribution < 1.29 is 13.6 Å². The number of hydrogen-bond acceptors (Lipinski definition) is 2. The van der Waals surface area contributed by atoms with Gasteiger partial charge in [-0.15, -0.1) is 0 Å². The summed E-state index contributed by atoms with van der Waals surface area (Å²) in [4.78, 5) is 14.5. The Balaban J connectivity index is 1.58. The number of rotatable bonds is 4. The van der Waals surface area contributed by atoms with E-state index in [1.165, 1.54) is 6.07 Å². The topological polar surface area (TPSA) is 20.3 Å². The Labute approximate surface area is 134 Å². The second-order valence-corrected chi connectivity index (χ2v) is 5.99. The molecule has 2 aromatic rings. The molecule has 0 spiro atoms.